The summed E-state index contributed by atoms with van der Waals surface area (Å²) in [5.74, 6) is 0.469. The molecule has 0 saturated heterocycles. The van der Waals surface area contributed by atoms with E-state index >= 15 is 0 Å². The fourth-order valence-corrected chi connectivity index (χ4v) is 8.52. The van der Waals surface area contributed by atoms with Gasteiger partial charge in [-0.1, -0.05) is 121 Å². The molecule has 3 aromatic heterocycles. The Hall–Kier alpha value is -3.73. The van der Waals surface area contributed by atoms with Crippen LogP contribution in [0.2, 0.25) is 19.6 Å². The van der Waals surface area contributed by atoms with E-state index in [-0.39, 0.29) is 20.1 Å². The van der Waals surface area contributed by atoms with Crippen LogP contribution in [0, 0.1) is 32.9 Å². The van der Waals surface area contributed by atoms with Gasteiger partial charge in [0.25, 0.3) is 0 Å². The third-order valence-electron chi connectivity index (χ3n) is 8.72. The van der Waals surface area contributed by atoms with Crippen LogP contribution in [0.4, 0.5) is 0 Å². The topological polar surface area (TPSA) is 25.8 Å². The molecule has 4 aromatic carbocycles. The summed E-state index contributed by atoms with van der Waals surface area (Å²) in [5, 5.41) is 4.03. The molecule has 5 heteroatoms. The van der Waals surface area contributed by atoms with Crippen LogP contribution in [0.15, 0.2) is 103 Å². The number of fused-ring (bicyclic) bond motifs is 3. The standard InChI is InChI=1S/C29H26NS.C14H16NSi.Ir/c1-17(2)21-12-13-30-25(16-21)22-10-11-24(27-19(4)14-18(3)15-20(27)5)28-23-8-6-7-9-26(23)31-29(22)28;1-16(2,3)13-9-10-14(15-11-13)12-7-5-4-6-8-12;/h6-9,11-17H,1-5H3;4-7,9-11H,1-3H3;/q2*-1;. The second kappa shape index (κ2) is 14.8. The smallest absolute Gasteiger partial charge is 0.0795 e. The molecule has 7 aromatic rings. The van der Waals surface area contributed by atoms with Crippen molar-refractivity contribution in [1.29, 1.82) is 0 Å². The molecule has 0 aliphatic rings. The van der Waals surface area contributed by atoms with E-state index in [9.17, 15) is 0 Å². The van der Waals surface area contributed by atoms with Gasteiger partial charge >= 0.3 is 0 Å². The van der Waals surface area contributed by atoms with Crippen LogP contribution in [-0.4, -0.2) is 18.0 Å². The van der Waals surface area contributed by atoms with E-state index in [0.29, 0.717) is 5.92 Å². The van der Waals surface area contributed by atoms with Gasteiger partial charge in [-0.2, -0.15) is 11.3 Å². The first kappa shape index (κ1) is 35.6. The molecule has 0 aliphatic heterocycles. The summed E-state index contributed by atoms with van der Waals surface area (Å²) >= 11 is 1.85. The Labute approximate surface area is 304 Å². The molecule has 245 valence electrons. The minimum Gasteiger partial charge on any atom is -0.305 e. The van der Waals surface area contributed by atoms with Crippen LogP contribution in [-0.2, 0) is 20.1 Å². The van der Waals surface area contributed by atoms with Crippen LogP contribution >= 0.6 is 11.3 Å². The van der Waals surface area contributed by atoms with Gasteiger partial charge in [0.05, 0.1) is 8.07 Å². The summed E-state index contributed by atoms with van der Waals surface area (Å²) < 4.78 is 2.58. The van der Waals surface area contributed by atoms with Crippen molar-refractivity contribution in [3.05, 3.63) is 138 Å². The molecular weight excluding hydrogens is 797 g/mol. The number of pyridine rings is 2. The Morgan fingerprint density at radius 2 is 1.50 bits per heavy atom. The van der Waals surface area contributed by atoms with E-state index in [1.54, 1.807) is 0 Å². The quantitative estimate of drug-likeness (QED) is 0.127. The Kier molecular flexibility index (Phi) is 11.0. The van der Waals surface area contributed by atoms with E-state index in [1.165, 1.54) is 58.7 Å². The predicted octanol–water partition coefficient (Wildman–Crippen LogP) is 11.7. The summed E-state index contributed by atoms with van der Waals surface area (Å²) in [6.45, 7) is 18.1. The molecule has 0 fully saturated rings. The van der Waals surface area contributed by atoms with Gasteiger partial charge in [0.2, 0.25) is 0 Å². The largest absolute Gasteiger partial charge is 0.305 e. The molecule has 7 rings (SSSR count). The van der Waals surface area contributed by atoms with Crippen molar-refractivity contribution >= 4 is 44.8 Å². The second-order valence-electron chi connectivity index (χ2n) is 13.7. The SMILES string of the molecule is C[Si](C)(C)c1ccc(-c2[c-]cccc2)nc1.Cc1cc(C)c(-c2c[c-]c(-c3cc(C(C)C)ccn3)c3sc4ccccc4c23)c(C)c1.[Ir]. The first-order valence-electron chi connectivity index (χ1n) is 16.4. The number of thiophene rings is 1. The van der Waals surface area contributed by atoms with E-state index in [1.807, 2.05) is 48.0 Å². The van der Waals surface area contributed by atoms with Crippen molar-refractivity contribution in [3.63, 3.8) is 0 Å². The monoisotopic (exact) mass is 839 g/mol. The van der Waals surface area contributed by atoms with Crippen molar-refractivity contribution in [2.45, 2.75) is 60.2 Å². The predicted molar refractivity (Wildman–Crippen MR) is 207 cm³/mol. The zero-order valence-corrected chi connectivity index (χ0v) is 33.2. The maximum Gasteiger partial charge on any atom is 0.0795 e. The molecule has 2 nitrogen and oxygen atoms in total. The Bertz CT molecular complexity index is 2160. The molecule has 3 heterocycles. The van der Waals surface area contributed by atoms with Crippen LogP contribution in [0.1, 0.15) is 42.0 Å². The molecular formula is C43H42IrN2SSi-2. The maximum absolute atomic E-state index is 4.74. The second-order valence-corrected chi connectivity index (χ2v) is 19.9. The van der Waals surface area contributed by atoms with Gasteiger partial charge in [-0.3, -0.25) is 0 Å². The van der Waals surface area contributed by atoms with Gasteiger partial charge in [-0.15, -0.1) is 53.6 Å². The summed E-state index contributed by atoms with van der Waals surface area (Å²) in [7, 11) is -1.23. The Morgan fingerprint density at radius 1 is 0.771 bits per heavy atom. The van der Waals surface area contributed by atoms with E-state index in [2.05, 4.69) is 138 Å². The van der Waals surface area contributed by atoms with Crippen LogP contribution in [0.25, 0.3) is 53.8 Å². The Balaban J connectivity index is 0.000000224. The summed E-state index contributed by atoms with van der Waals surface area (Å²) in [6.07, 6.45) is 3.95. The zero-order chi connectivity index (χ0) is 33.3. The van der Waals surface area contributed by atoms with Gasteiger partial charge in [0, 0.05) is 37.2 Å². The summed E-state index contributed by atoms with van der Waals surface area (Å²) in [5.41, 5.74) is 12.0. The van der Waals surface area contributed by atoms with Crippen molar-refractivity contribution < 1.29 is 20.1 Å². The zero-order valence-electron chi connectivity index (χ0n) is 29.0. The number of hydrogen-bond donors (Lipinski definition) is 0. The van der Waals surface area contributed by atoms with Gasteiger partial charge in [0.15, 0.2) is 0 Å². The van der Waals surface area contributed by atoms with Crippen molar-refractivity contribution in [3.8, 4) is 33.6 Å². The van der Waals surface area contributed by atoms with Crippen molar-refractivity contribution in [2.24, 2.45) is 0 Å². The number of aryl methyl sites for hydroxylation is 3. The molecule has 0 unspecified atom stereocenters. The molecule has 0 N–H and O–H groups in total. The van der Waals surface area contributed by atoms with Crippen molar-refractivity contribution in [2.75, 3.05) is 0 Å². The molecule has 0 saturated carbocycles. The van der Waals surface area contributed by atoms with Crippen LogP contribution in [0.5, 0.6) is 0 Å². The number of nitrogens with zero attached hydrogens (tertiary/aromatic N) is 2. The van der Waals surface area contributed by atoms with Crippen LogP contribution in [0.3, 0.4) is 0 Å². The molecule has 0 aliphatic carbocycles. The van der Waals surface area contributed by atoms with E-state index in [0.717, 1.165) is 22.5 Å². The number of benzene rings is 4. The summed E-state index contributed by atoms with van der Waals surface area (Å²) in [4.78, 5) is 9.26. The maximum atomic E-state index is 4.74. The average Bonchev–Trinajstić information content (AvgIpc) is 3.45. The fourth-order valence-electron chi connectivity index (χ4n) is 6.26. The molecule has 0 amide bonds. The van der Waals surface area contributed by atoms with E-state index in [4.69, 9.17) is 4.98 Å². The third kappa shape index (κ3) is 7.45. The molecule has 0 bridgehead atoms. The average molecular weight is 839 g/mol. The van der Waals surface area contributed by atoms with Gasteiger partial charge in [0.1, 0.15) is 0 Å². The van der Waals surface area contributed by atoms with Gasteiger partial charge < -0.3 is 9.97 Å². The molecule has 1 radical (unpaired) electrons. The van der Waals surface area contributed by atoms with Crippen molar-refractivity contribution in [1.82, 2.24) is 9.97 Å². The fraction of sp³-hybridized carbons (Fsp3) is 0.209. The molecule has 0 spiro atoms. The van der Waals surface area contributed by atoms with Crippen LogP contribution < -0.4 is 5.19 Å². The number of hydrogen-bond acceptors (Lipinski definition) is 3. The third-order valence-corrected chi connectivity index (χ3v) is 11.9. The van der Waals surface area contributed by atoms with E-state index < -0.39 is 8.07 Å². The van der Waals surface area contributed by atoms with Gasteiger partial charge in [-0.05, 0) is 65.5 Å². The first-order valence-corrected chi connectivity index (χ1v) is 20.7. The molecule has 0 atom stereocenters. The van der Waals surface area contributed by atoms with Gasteiger partial charge in [-0.25, -0.2) is 0 Å². The normalized spacial score (nSPS) is 11.4. The number of rotatable bonds is 5. The Morgan fingerprint density at radius 3 is 2.15 bits per heavy atom. The summed E-state index contributed by atoms with van der Waals surface area (Å²) in [6, 6.07) is 38.9. The molecule has 48 heavy (non-hydrogen) atoms. The number of aromatic nitrogens is 2. The minimum atomic E-state index is -1.23. The first-order chi connectivity index (χ1) is 22.5. The minimum absolute atomic E-state index is 0.